The second-order valence-electron chi connectivity index (χ2n) is 6.44. The van der Waals surface area contributed by atoms with E-state index in [9.17, 15) is 24.6 Å². The van der Waals surface area contributed by atoms with Crippen LogP contribution in [0.1, 0.15) is 29.5 Å². The predicted molar refractivity (Wildman–Crippen MR) is 92.5 cm³/mol. The molecule has 3 atom stereocenters. The SMILES string of the molecule is O=[N+]([O-])c1cccc(C2Nc3c(F)ccc([N+](=O)[O-])c3C3C=CCC32)c1. The number of non-ortho nitro benzene ring substituents is 1. The van der Waals surface area contributed by atoms with Crippen molar-refractivity contribution in [3.8, 4) is 0 Å². The first-order chi connectivity index (χ1) is 12.5. The number of nitro benzene ring substituents is 2. The van der Waals surface area contributed by atoms with Crippen LogP contribution in [0.25, 0.3) is 0 Å². The molecule has 0 saturated heterocycles. The Labute approximate surface area is 147 Å². The van der Waals surface area contributed by atoms with Gasteiger partial charge < -0.3 is 5.32 Å². The van der Waals surface area contributed by atoms with Crippen LogP contribution in [0.2, 0.25) is 0 Å². The van der Waals surface area contributed by atoms with Crippen molar-refractivity contribution in [3.05, 3.63) is 85.7 Å². The van der Waals surface area contributed by atoms with Crippen LogP contribution in [0.15, 0.2) is 48.6 Å². The normalized spacial score (nSPS) is 23.0. The summed E-state index contributed by atoms with van der Waals surface area (Å²) in [6.45, 7) is 0. The lowest BCUT2D eigenvalue weighted by molar-refractivity contribution is -0.385. The van der Waals surface area contributed by atoms with Crippen LogP contribution >= 0.6 is 0 Å². The fourth-order valence-electron chi connectivity index (χ4n) is 3.98. The quantitative estimate of drug-likeness (QED) is 0.497. The summed E-state index contributed by atoms with van der Waals surface area (Å²) in [5.41, 5.74) is 0.943. The largest absolute Gasteiger partial charge is 0.375 e. The Bertz CT molecular complexity index is 959. The molecule has 7 nitrogen and oxygen atoms in total. The number of nitrogens with one attached hydrogen (secondary N) is 1. The van der Waals surface area contributed by atoms with Gasteiger partial charge in [0.15, 0.2) is 0 Å². The molecule has 8 heteroatoms. The second kappa shape index (κ2) is 5.91. The lowest BCUT2D eigenvalue weighted by atomic mass is 9.76. The van der Waals surface area contributed by atoms with Gasteiger partial charge in [-0.1, -0.05) is 24.3 Å². The third-order valence-electron chi connectivity index (χ3n) is 5.08. The summed E-state index contributed by atoms with van der Waals surface area (Å²) in [5, 5.41) is 25.5. The minimum Gasteiger partial charge on any atom is -0.375 e. The van der Waals surface area contributed by atoms with E-state index in [1.54, 1.807) is 12.1 Å². The van der Waals surface area contributed by atoms with Crippen molar-refractivity contribution in [2.24, 2.45) is 5.92 Å². The number of hydrogen-bond donors (Lipinski definition) is 1. The minimum absolute atomic E-state index is 0.0443. The van der Waals surface area contributed by atoms with Crippen molar-refractivity contribution in [3.63, 3.8) is 0 Å². The Morgan fingerprint density at radius 1 is 1.12 bits per heavy atom. The molecule has 0 spiro atoms. The number of halogens is 1. The summed E-state index contributed by atoms with van der Waals surface area (Å²) in [7, 11) is 0. The van der Waals surface area contributed by atoms with Gasteiger partial charge in [-0.05, 0) is 24.0 Å². The van der Waals surface area contributed by atoms with Crippen molar-refractivity contribution < 1.29 is 14.2 Å². The first kappa shape index (κ1) is 16.2. The third kappa shape index (κ3) is 2.42. The Morgan fingerprint density at radius 2 is 1.92 bits per heavy atom. The van der Waals surface area contributed by atoms with Gasteiger partial charge in [0.05, 0.1) is 27.1 Å². The molecule has 0 bridgehead atoms. The van der Waals surface area contributed by atoms with Crippen molar-refractivity contribution in [2.75, 3.05) is 5.32 Å². The van der Waals surface area contributed by atoms with Crippen molar-refractivity contribution >= 4 is 17.1 Å². The summed E-state index contributed by atoms with van der Waals surface area (Å²) in [6, 6.07) is 8.09. The Balaban J connectivity index is 1.85. The minimum atomic E-state index is -0.570. The highest BCUT2D eigenvalue weighted by atomic mass is 19.1. The molecule has 0 amide bonds. The average Bonchev–Trinajstić information content (AvgIpc) is 3.11. The molecule has 0 saturated carbocycles. The number of nitrogens with zero attached hydrogens (tertiary/aromatic N) is 2. The molecule has 4 rings (SSSR count). The van der Waals surface area contributed by atoms with Gasteiger partial charge in [-0.25, -0.2) is 4.39 Å². The van der Waals surface area contributed by atoms with Crippen molar-refractivity contribution in [1.82, 2.24) is 0 Å². The van der Waals surface area contributed by atoms with E-state index >= 15 is 0 Å². The van der Waals surface area contributed by atoms with Crippen LogP contribution in [0.3, 0.4) is 0 Å². The number of hydrogen-bond acceptors (Lipinski definition) is 5. The summed E-state index contributed by atoms with van der Waals surface area (Å²) in [5.74, 6) is -0.962. The molecule has 2 aromatic carbocycles. The lowest BCUT2D eigenvalue weighted by Crippen LogP contribution is -2.30. The highest BCUT2D eigenvalue weighted by Crippen LogP contribution is 2.53. The van der Waals surface area contributed by atoms with E-state index < -0.39 is 15.7 Å². The standard InChI is InChI=1S/C18H14FN3O4/c19-14-7-8-15(22(25)26)16-12-5-2-6-13(12)17(20-18(14)16)10-3-1-4-11(9-10)21(23)24/h1-5,7-9,12-13,17,20H,6H2. The molecule has 1 aliphatic carbocycles. The monoisotopic (exact) mass is 355 g/mol. The van der Waals surface area contributed by atoms with Crippen LogP contribution < -0.4 is 5.32 Å². The van der Waals surface area contributed by atoms with E-state index in [-0.39, 0.29) is 34.9 Å². The van der Waals surface area contributed by atoms with Crippen molar-refractivity contribution in [1.29, 1.82) is 0 Å². The zero-order chi connectivity index (χ0) is 18.4. The van der Waals surface area contributed by atoms with Gasteiger partial charge >= 0.3 is 0 Å². The zero-order valence-corrected chi connectivity index (χ0v) is 13.5. The van der Waals surface area contributed by atoms with Gasteiger partial charge in [-0.15, -0.1) is 0 Å². The van der Waals surface area contributed by atoms with E-state index in [0.29, 0.717) is 17.5 Å². The van der Waals surface area contributed by atoms with E-state index in [1.165, 1.54) is 18.2 Å². The predicted octanol–water partition coefficient (Wildman–Crippen LogP) is 4.47. The number of benzene rings is 2. The van der Waals surface area contributed by atoms with Gasteiger partial charge in [-0.2, -0.15) is 0 Å². The molecule has 0 radical (unpaired) electrons. The van der Waals surface area contributed by atoms with Crippen LogP contribution in [-0.2, 0) is 0 Å². The average molecular weight is 355 g/mol. The maximum atomic E-state index is 14.5. The Kier molecular flexibility index (Phi) is 3.68. The van der Waals surface area contributed by atoms with Crippen molar-refractivity contribution in [2.45, 2.75) is 18.4 Å². The molecule has 0 aromatic heterocycles. The fourth-order valence-corrected chi connectivity index (χ4v) is 3.98. The number of rotatable bonds is 3. The third-order valence-corrected chi connectivity index (χ3v) is 5.08. The summed E-state index contributed by atoms with van der Waals surface area (Å²) >= 11 is 0. The first-order valence-corrected chi connectivity index (χ1v) is 8.11. The number of allylic oxidation sites excluding steroid dienone is 2. The topological polar surface area (TPSA) is 98.3 Å². The van der Waals surface area contributed by atoms with E-state index in [1.807, 2.05) is 12.2 Å². The number of nitro groups is 2. The molecule has 26 heavy (non-hydrogen) atoms. The Hall–Kier alpha value is -3.29. The molecule has 2 aliphatic rings. The van der Waals surface area contributed by atoms with Crippen LogP contribution in [0.4, 0.5) is 21.5 Å². The van der Waals surface area contributed by atoms with Gasteiger partial charge in [-0.3, -0.25) is 20.2 Å². The van der Waals surface area contributed by atoms with E-state index in [0.717, 1.165) is 6.07 Å². The van der Waals surface area contributed by atoms with E-state index in [4.69, 9.17) is 0 Å². The molecule has 2 aromatic rings. The molecule has 132 valence electrons. The van der Waals surface area contributed by atoms with Crippen LogP contribution in [0, 0.1) is 32.0 Å². The van der Waals surface area contributed by atoms with Gasteiger partial charge in [0.1, 0.15) is 5.82 Å². The van der Waals surface area contributed by atoms with Crippen LogP contribution in [0.5, 0.6) is 0 Å². The zero-order valence-electron chi connectivity index (χ0n) is 13.5. The van der Waals surface area contributed by atoms with Gasteiger partial charge in [0.2, 0.25) is 0 Å². The number of anilines is 1. The van der Waals surface area contributed by atoms with Gasteiger partial charge in [0, 0.05) is 24.1 Å². The molecule has 1 aliphatic heterocycles. The van der Waals surface area contributed by atoms with Crippen LogP contribution in [-0.4, -0.2) is 9.85 Å². The highest BCUT2D eigenvalue weighted by Gasteiger charge is 2.42. The smallest absolute Gasteiger partial charge is 0.275 e. The summed E-state index contributed by atoms with van der Waals surface area (Å²) < 4.78 is 14.5. The Morgan fingerprint density at radius 3 is 2.65 bits per heavy atom. The summed E-state index contributed by atoms with van der Waals surface area (Å²) in [4.78, 5) is 21.5. The number of fused-ring (bicyclic) bond motifs is 3. The molecular formula is C18H14FN3O4. The van der Waals surface area contributed by atoms with Gasteiger partial charge in [0.25, 0.3) is 11.4 Å². The second-order valence-corrected chi connectivity index (χ2v) is 6.44. The molecule has 1 N–H and O–H groups in total. The lowest BCUT2D eigenvalue weighted by Gasteiger charge is -2.37. The molecule has 1 heterocycles. The highest BCUT2D eigenvalue weighted by molar-refractivity contribution is 5.68. The fraction of sp³-hybridized carbons (Fsp3) is 0.222. The maximum absolute atomic E-state index is 14.5. The van der Waals surface area contributed by atoms with E-state index in [2.05, 4.69) is 5.32 Å². The maximum Gasteiger partial charge on any atom is 0.275 e. The molecular weight excluding hydrogens is 341 g/mol. The molecule has 3 unspecified atom stereocenters. The first-order valence-electron chi connectivity index (χ1n) is 8.11. The summed E-state index contributed by atoms with van der Waals surface area (Å²) in [6.07, 6.45) is 4.43. The molecule has 0 fully saturated rings.